The first kappa shape index (κ1) is 24.4. The summed E-state index contributed by atoms with van der Waals surface area (Å²) < 4.78 is 0. The summed E-state index contributed by atoms with van der Waals surface area (Å²) in [5, 5.41) is 22.2. The van der Waals surface area contributed by atoms with Crippen LogP contribution in [-0.2, 0) is 0 Å². The lowest BCUT2D eigenvalue weighted by molar-refractivity contribution is -0.247. The van der Waals surface area contributed by atoms with Crippen LogP contribution in [0.15, 0.2) is 12.2 Å². The van der Waals surface area contributed by atoms with Crippen molar-refractivity contribution in [3.05, 3.63) is 12.2 Å². The summed E-state index contributed by atoms with van der Waals surface area (Å²) in [6.45, 7) is 21.0. The van der Waals surface area contributed by atoms with Gasteiger partial charge in [-0.1, -0.05) is 39.8 Å². The highest BCUT2D eigenvalue weighted by Gasteiger charge is 2.69. The summed E-state index contributed by atoms with van der Waals surface area (Å²) in [6, 6.07) is 0. The third kappa shape index (κ3) is 3.04. The third-order valence-electron chi connectivity index (χ3n) is 13.7. The van der Waals surface area contributed by atoms with Crippen LogP contribution in [0, 0.1) is 51.2 Å². The van der Waals surface area contributed by atoms with Crippen LogP contribution in [0.1, 0.15) is 119 Å². The SMILES string of the molecule is C=C(C)[C@@H]1CC[C@@]2(C)CC[C@]3(C)[C@H](CC[C@H]4[C@@]5(C)CC[C@](O)(C(C)(C)O)C[C@H]5CC[C@@]43C)[C@@H]12. The van der Waals surface area contributed by atoms with Crippen LogP contribution >= 0.6 is 0 Å². The predicted molar refractivity (Wildman–Crippen MR) is 137 cm³/mol. The largest absolute Gasteiger partial charge is 0.387 e. The maximum absolute atomic E-state index is 11.4. The van der Waals surface area contributed by atoms with E-state index in [1.807, 2.05) is 13.8 Å². The lowest BCUT2D eigenvalue weighted by atomic mass is 9.33. The van der Waals surface area contributed by atoms with Gasteiger partial charge in [0.25, 0.3) is 0 Å². The van der Waals surface area contributed by atoms with Crippen LogP contribution in [0.5, 0.6) is 0 Å². The highest BCUT2D eigenvalue weighted by Crippen LogP contribution is 2.76. The topological polar surface area (TPSA) is 40.5 Å². The van der Waals surface area contributed by atoms with Crippen LogP contribution < -0.4 is 0 Å². The van der Waals surface area contributed by atoms with Gasteiger partial charge in [-0.3, -0.25) is 0 Å². The molecular weight excluding hydrogens is 404 g/mol. The van der Waals surface area contributed by atoms with E-state index in [0.717, 1.165) is 42.9 Å². The molecular formula is C31H52O2. The molecule has 2 N–H and O–H groups in total. The molecule has 0 amide bonds. The summed E-state index contributed by atoms with van der Waals surface area (Å²) >= 11 is 0. The molecule has 0 bridgehead atoms. The van der Waals surface area contributed by atoms with Gasteiger partial charge in [0.15, 0.2) is 0 Å². The number of hydrogen-bond acceptors (Lipinski definition) is 2. The molecule has 188 valence electrons. The van der Waals surface area contributed by atoms with Crippen LogP contribution in [0.4, 0.5) is 0 Å². The average Bonchev–Trinajstić information content (AvgIpc) is 3.07. The lowest BCUT2D eigenvalue weighted by Gasteiger charge is -2.72. The van der Waals surface area contributed by atoms with Gasteiger partial charge in [-0.15, -0.1) is 0 Å². The highest BCUT2D eigenvalue weighted by atomic mass is 16.4. The van der Waals surface area contributed by atoms with Gasteiger partial charge in [-0.05, 0) is 143 Å². The van der Waals surface area contributed by atoms with Gasteiger partial charge in [0.05, 0.1) is 11.2 Å². The molecule has 33 heavy (non-hydrogen) atoms. The van der Waals surface area contributed by atoms with Gasteiger partial charge in [0, 0.05) is 0 Å². The van der Waals surface area contributed by atoms with E-state index in [4.69, 9.17) is 0 Å². The number of fused-ring (bicyclic) bond motifs is 7. The van der Waals surface area contributed by atoms with E-state index in [0.29, 0.717) is 27.6 Å². The second-order valence-electron chi connectivity index (χ2n) is 15.3. The molecule has 0 aromatic carbocycles. The lowest BCUT2D eigenvalue weighted by Crippen LogP contribution is -2.66. The van der Waals surface area contributed by atoms with Crippen molar-refractivity contribution in [2.24, 2.45) is 51.2 Å². The molecule has 0 aromatic rings. The first-order valence-electron chi connectivity index (χ1n) is 14.2. The molecule has 0 aliphatic heterocycles. The monoisotopic (exact) mass is 456 g/mol. The zero-order valence-electron chi connectivity index (χ0n) is 22.8. The molecule has 0 saturated heterocycles. The molecule has 0 unspecified atom stereocenters. The van der Waals surface area contributed by atoms with Crippen LogP contribution in [0.3, 0.4) is 0 Å². The predicted octanol–water partition coefficient (Wildman–Crippen LogP) is 7.53. The summed E-state index contributed by atoms with van der Waals surface area (Å²) in [6.07, 6.45) is 13.4. The molecule has 5 rings (SSSR count). The van der Waals surface area contributed by atoms with Gasteiger partial charge in [-0.25, -0.2) is 0 Å². The van der Waals surface area contributed by atoms with Crippen LogP contribution in [0.2, 0.25) is 0 Å². The van der Waals surface area contributed by atoms with E-state index >= 15 is 0 Å². The van der Waals surface area contributed by atoms with Crippen molar-refractivity contribution < 1.29 is 10.2 Å². The van der Waals surface area contributed by atoms with E-state index in [9.17, 15) is 10.2 Å². The molecule has 0 aromatic heterocycles. The van der Waals surface area contributed by atoms with E-state index in [1.54, 1.807) is 0 Å². The molecule has 5 saturated carbocycles. The van der Waals surface area contributed by atoms with Gasteiger partial charge in [-0.2, -0.15) is 0 Å². The Hall–Kier alpha value is -0.340. The molecule has 0 radical (unpaired) electrons. The highest BCUT2D eigenvalue weighted by molar-refractivity contribution is 5.20. The van der Waals surface area contributed by atoms with Gasteiger partial charge < -0.3 is 10.2 Å². The van der Waals surface area contributed by atoms with Gasteiger partial charge in [0.2, 0.25) is 0 Å². The maximum atomic E-state index is 11.4. The molecule has 5 aliphatic rings. The standard InChI is InChI=1S/C31H52O2/c1-20(2)22-12-13-27(5)15-17-29(7)23(25(22)27)9-10-24-28(6)16-18-31(33,26(3,4)32)19-21(28)11-14-30(24,29)8/h21-25,32-33H,1,9-19H2,2-8H3/t21-,22+,23-,24+,25-,27+,28+,29-,30+,31-/m1/s1. The minimum Gasteiger partial charge on any atom is -0.387 e. The first-order valence-corrected chi connectivity index (χ1v) is 14.2. The minimum atomic E-state index is -1.02. The zero-order valence-corrected chi connectivity index (χ0v) is 22.8. The minimum absolute atomic E-state index is 0.294. The van der Waals surface area contributed by atoms with Crippen molar-refractivity contribution >= 4 is 0 Å². The molecule has 0 spiro atoms. The molecule has 10 atom stereocenters. The Kier molecular flexibility index (Phi) is 5.25. The molecule has 2 nitrogen and oxygen atoms in total. The van der Waals surface area contributed by atoms with Gasteiger partial charge >= 0.3 is 0 Å². The molecule has 5 fully saturated rings. The van der Waals surface area contributed by atoms with Crippen LogP contribution in [-0.4, -0.2) is 21.4 Å². The fourth-order valence-electron chi connectivity index (χ4n) is 11.2. The second kappa shape index (κ2) is 7.12. The Morgan fingerprint density at radius 2 is 1.55 bits per heavy atom. The summed E-state index contributed by atoms with van der Waals surface area (Å²) in [4.78, 5) is 0. The van der Waals surface area contributed by atoms with Crippen molar-refractivity contribution in [2.75, 3.05) is 0 Å². The Labute approximate surface area is 204 Å². The number of aliphatic hydroxyl groups is 2. The summed E-state index contributed by atoms with van der Waals surface area (Å²) in [5.41, 5.74) is 1.10. The van der Waals surface area contributed by atoms with E-state index in [2.05, 4.69) is 41.2 Å². The Morgan fingerprint density at radius 3 is 2.18 bits per heavy atom. The summed E-state index contributed by atoms with van der Waals surface area (Å²) in [7, 11) is 0. The second-order valence-corrected chi connectivity index (χ2v) is 15.3. The third-order valence-corrected chi connectivity index (χ3v) is 13.7. The number of allylic oxidation sites excluding steroid dienone is 1. The fraction of sp³-hybridized carbons (Fsp3) is 0.935. The molecule has 0 heterocycles. The number of hydrogen-bond donors (Lipinski definition) is 2. The van der Waals surface area contributed by atoms with E-state index in [-0.39, 0.29) is 0 Å². The normalized spacial score (nSPS) is 56.3. The van der Waals surface area contributed by atoms with Crippen molar-refractivity contribution in [3.63, 3.8) is 0 Å². The zero-order chi connectivity index (χ0) is 24.2. The van der Waals surface area contributed by atoms with Crippen molar-refractivity contribution in [1.29, 1.82) is 0 Å². The van der Waals surface area contributed by atoms with Crippen molar-refractivity contribution in [1.82, 2.24) is 0 Å². The summed E-state index contributed by atoms with van der Waals surface area (Å²) in [5.74, 6) is 3.65. The Morgan fingerprint density at radius 1 is 0.848 bits per heavy atom. The fourth-order valence-corrected chi connectivity index (χ4v) is 11.2. The Balaban J connectivity index is 1.49. The van der Waals surface area contributed by atoms with Crippen molar-refractivity contribution in [3.8, 4) is 0 Å². The van der Waals surface area contributed by atoms with E-state index in [1.165, 1.54) is 56.9 Å². The van der Waals surface area contributed by atoms with Crippen molar-refractivity contribution in [2.45, 2.75) is 130 Å². The smallest absolute Gasteiger partial charge is 0.0930 e. The quantitative estimate of drug-likeness (QED) is 0.422. The molecule has 2 heteroatoms. The first-order chi connectivity index (χ1) is 15.1. The Bertz CT molecular complexity index is 825. The average molecular weight is 457 g/mol. The number of rotatable bonds is 2. The van der Waals surface area contributed by atoms with Crippen LogP contribution in [0.25, 0.3) is 0 Å². The van der Waals surface area contributed by atoms with Gasteiger partial charge in [0.1, 0.15) is 0 Å². The van der Waals surface area contributed by atoms with E-state index < -0.39 is 11.2 Å². The molecule has 5 aliphatic carbocycles. The maximum Gasteiger partial charge on any atom is 0.0930 e.